The number of halogens is 5. The van der Waals surface area contributed by atoms with Crippen molar-refractivity contribution in [1.82, 2.24) is 14.8 Å². The number of nitrogens with two attached hydrogens (primary N) is 2. The van der Waals surface area contributed by atoms with E-state index in [0.29, 0.717) is 0 Å². The van der Waals surface area contributed by atoms with Gasteiger partial charge >= 0.3 is 0 Å². The maximum Gasteiger partial charge on any atom is 0.277 e. The number of rotatable bonds is 6. The normalized spacial score (nSPS) is 18.7. The topological polar surface area (TPSA) is 115 Å². The fourth-order valence-electron chi connectivity index (χ4n) is 3.82. The molecule has 2 unspecified atom stereocenters. The Morgan fingerprint density at radius 1 is 1.26 bits per heavy atom. The van der Waals surface area contributed by atoms with Crippen LogP contribution in [-0.4, -0.2) is 52.4 Å². The highest BCUT2D eigenvalue weighted by Crippen LogP contribution is 2.34. The highest BCUT2D eigenvalue weighted by Gasteiger charge is 2.29. The van der Waals surface area contributed by atoms with E-state index in [1.54, 1.807) is 4.90 Å². The minimum Gasteiger partial charge on any atom is -0.389 e. The SMILES string of the molecule is Nc1sc(-c2cc(F)ccc2F)nc1C(=O)Nc1cnn(CC(F)F)c1N1CCC(N)C(F)CC1. The molecule has 1 aromatic carbocycles. The van der Waals surface area contributed by atoms with Crippen molar-refractivity contribution in [2.24, 2.45) is 5.73 Å². The van der Waals surface area contributed by atoms with Gasteiger partial charge in [0, 0.05) is 24.7 Å². The molecule has 0 aliphatic carbocycles. The second-order valence-corrected chi connectivity index (χ2v) is 9.04. The molecule has 0 spiro atoms. The number of thiazole rings is 1. The molecule has 3 aromatic rings. The molecular weight excluding hydrogens is 493 g/mol. The summed E-state index contributed by atoms with van der Waals surface area (Å²) in [4.78, 5) is 18.7. The number of hydrogen-bond donors (Lipinski definition) is 3. The third-order valence-corrected chi connectivity index (χ3v) is 6.49. The summed E-state index contributed by atoms with van der Waals surface area (Å²) in [5, 5.41) is 6.46. The molecule has 1 amide bonds. The number of alkyl halides is 3. The predicted octanol–water partition coefficient (Wildman–Crippen LogP) is 3.65. The maximum absolute atomic E-state index is 14.1. The van der Waals surface area contributed by atoms with Crippen molar-refractivity contribution in [3.05, 3.63) is 41.7 Å². The molecule has 1 aliphatic heterocycles. The van der Waals surface area contributed by atoms with Crippen LogP contribution in [0.25, 0.3) is 10.6 Å². The zero-order valence-corrected chi connectivity index (χ0v) is 19.0. The van der Waals surface area contributed by atoms with Crippen molar-refractivity contribution < 1.29 is 26.7 Å². The van der Waals surface area contributed by atoms with Crippen LogP contribution in [0, 0.1) is 11.6 Å². The van der Waals surface area contributed by atoms with Crippen LogP contribution in [0.1, 0.15) is 23.3 Å². The lowest BCUT2D eigenvalue weighted by Gasteiger charge is -2.25. The standard InChI is InChI=1S/C21H22F5N7OS/c22-10-1-2-12(23)11(7-10)20-31-17(18(28)35-20)19(34)30-15-8-29-33(9-16(25)26)21(15)32-5-3-13(24)14(27)4-6-32/h1-2,7-8,13-14,16H,3-6,9,27-28H2,(H,30,34). The zero-order chi connectivity index (χ0) is 25.3. The Balaban J connectivity index is 1.63. The van der Waals surface area contributed by atoms with Crippen molar-refractivity contribution in [3.63, 3.8) is 0 Å². The van der Waals surface area contributed by atoms with Crippen LogP contribution in [0.2, 0.25) is 0 Å². The van der Waals surface area contributed by atoms with Crippen LogP contribution in [-0.2, 0) is 6.54 Å². The summed E-state index contributed by atoms with van der Waals surface area (Å²) in [6, 6.07) is 2.12. The lowest BCUT2D eigenvalue weighted by Crippen LogP contribution is -2.31. The van der Waals surface area contributed by atoms with Gasteiger partial charge in [-0.1, -0.05) is 11.3 Å². The number of nitrogens with zero attached hydrogens (tertiary/aromatic N) is 4. The third kappa shape index (κ3) is 5.37. The van der Waals surface area contributed by atoms with Crippen LogP contribution in [0.3, 0.4) is 0 Å². The summed E-state index contributed by atoms with van der Waals surface area (Å²) in [6.07, 6.45) is -2.42. The fraction of sp³-hybridized carbons (Fsp3) is 0.381. The van der Waals surface area contributed by atoms with E-state index in [2.05, 4.69) is 15.4 Å². The smallest absolute Gasteiger partial charge is 0.277 e. The molecule has 8 nitrogen and oxygen atoms in total. The molecule has 0 bridgehead atoms. The van der Waals surface area contributed by atoms with E-state index in [1.807, 2.05) is 0 Å². The number of anilines is 3. The van der Waals surface area contributed by atoms with Crippen LogP contribution in [0.4, 0.5) is 38.5 Å². The molecular formula is C21H22F5N7OS. The molecule has 5 N–H and O–H groups in total. The monoisotopic (exact) mass is 515 g/mol. The molecule has 2 atom stereocenters. The lowest BCUT2D eigenvalue weighted by atomic mass is 10.1. The van der Waals surface area contributed by atoms with E-state index in [1.165, 1.54) is 6.20 Å². The van der Waals surface area contributed by atoms with Crippen LogP contribution >= 0.6 is 11.3 Å². The minimum absolute atomic E-state index is 0.00578. The number of benzene rings is 1. The largest absolute Gasteiger partial charge is 0.389 e. The van der Waals surface area contributed by atoms with Crippen LogP contribution < -0.4 is 21.7 Å². The van der Waals surface area contributed by atoms with Crippen LogP contribution in [0.5, 0.6) is 0 Å². The van der Waals surface area contributed by atoms with Gasteiger partial charge in [-0.25, -0.2) is 31.6 Å². The molecule has 2 aromatic heterocycles. The number of carbonyl (C=O) groups excluding carboxylic acids is 1. The Morgan fingerprint density at radius 2 is 2.00 bits per heavy atom. The van der Waals surface area contributed by atoms with Gasteiger partial charge in [0.2, 0.25) is 0 Å². The molecule has 1 fully saturated rings. The van der Waals surface area contributed by atoms with Gasteiger partial charge in [-0.05, 0) is 31.0 Å². The van der Waals surface area contributed by atoms with Gasteiger partial charge < -0.3 is 21.7 Å². The van der Waals surface area contributed by atoms with Gasteiger partial charge in [-0.3, -0.25) is 4.79 Å². The number of amides is 1. The highest BCUT2D eigenvalue weighted by atomic mass is 32.1. The quantitative estimate of drug-likeness (QED) is 0.432. The van der Waals surface area contributed by atoms with E-state index >= 15 is 0 Å². The van der Waals surface area contributed by atoms with Gasteiger partial charge in [-0.2, -0.15) is 5.10 Å². The lowest BCUT2D eigenvalue weighted by molar-refractivity contribution is 0.102. The molecule has 0 saturated carbocycles. The fourth-order valence-corrected chi connectivity index (χ4v) is 4.67. The number of aromatic nitrogens is 3. The van der Waals surface area contributed by atoms with Crippen molar-refractivity contribution in [2.45, 2.75) is 38.0 Å². The van der Waals surface area contributed by atoms with Gasteiger partial charge in [0.15, 0.2) is 11.5 Å². The molecule has 188 valence electrons. The van der Waals surface area contributed by atoms with E-state index in [0.717, 1.165) is 34.2 Å². The van der Waals surface area contributed by atoms with E-state index in [-0.39, 0.29) is 58.7 Å². The molecule has 1 aliphatic rings. The predicted molar refractivity (Wildman–Crippen MR) is 122 cm³/mol. The molecule has 4 rings (SSSR count). The zero-order valence-electron chi connectivity index (χ0n) is 18.2. The summed E-state index contributed by atoms with van der Waals surface area (Å²) < 4.78 is 69.2. The molecule has 35 heavy (non-hydrogen) atoms. The first-order chi connectivity index (χ1) is 16.6. The Bertz CT molecular complexity index is 1200. The van der Waals surface area contributed by atoms with Gasteiger partial charge in [-0.15, -0.1) is 0 Å². The number of nitrogen functional groups attached to an aromatic ring is 1. The average Bonchev–Trinajstić information content (AvgIpc) is 3.33. The summed E-state index contributed by atoms with van der Waals surface area (Å²) in [6.45, 7) is -0.301. The summed E-state index contributed by atoms with van der Waals surface area (Å²) in [7, 11) is 0. The Hall–Kier alpha value is -3.26. The van der Waals surface area contributed by atoms with Crippen LogP contribution in [0.15, 0.2) is 24.4 Å². The van der Waals surface area contributed by atoms with Crippen molar-refractivity contribution in [2.75, 3.05) is 29.0 Å². The molecule has 1 saturated heterocycles. The van der Waals surface area contributed by atoms with Crippen molar-refractivity contribution in [3.8, 4) is 10.6 Å². The maximum atomic E-state index is 14.1. The van der Waals surface area contributed by atoms with Gasteiger partial charge in [0.1, 0.15) is 40.0 Å². The van der Waals surface area contributed by atoms with Gasteiger partial charge in [0.05, 0.1) is 6.20 Å². The Kier molecular flexibility index (Phi) is 7.21. The first-order valence-corrected chi connectivity index (χ1v) is 11.5. The average molecular weight is 516 g/mol. The molecule has 14 heteroatoms. The summed E-state index contributed by atoms with van der Waals surface area (Å²) in [5.41, 5.74) is 11.4. The first-order valence-electron chi connectivity index (χ1n) is 10.7. The van der Waals surface area contributed by atoms with Crippen molar-refractivity contribution >= 4 is 33.8 Å². The van der Waals surface area contributed by atoms with E-state index < -0.39 is 42.7 Å². The Labute approximate surface area is 200 Å². The Morgan fingerprint density at radius 3 is 2.74 bits per heavy atom. The minimum atomic E-state index is -2.72. The number of hydrogen-bond acceptors (Lipinski definition) is 7. The number of nitrogens with one attached hydrogen (secondary N) is 1. The summed E-state index contributed by atoms with van der Waals surface area (Å²) >= 11 is 0.791. The molecule has 3 heterocycles. The third-order valence-electron chi connectivity index (χ3n) is 5.57. The highest BCUT2D eigenvalue weighted by molar-refractivity contribution is 7.19. The van der Waals surface area contributed by atoms with E-state index in [9.17, 15) is 26.7 Å². The molecule has 0 radical (unpaired) electrons. The second-order valence-electron chi connectivity index (χ2n) is 8.01. The second kappa shape index (κ2) is 10.2. The van der Waals surface area contributed by atoms with E-state index in [4.69, 9.17) is 11.5 Å². The summed E-state index contributed by atoms with van der Waals surface area (Å²) in [5.74, 6) is -2.06. The van der Waals surface area contributed by atoms with Crippen molar-refractivity contribution in [1.29, 1.82) is 0 Å². The number of carbonyl (C=O) groups is 1. The van der Waals surface area contributed by atoms with Gasteiger partial charge in [0.25, 0.3) is 12.3 Å². The first kappa shape index (κ1) is 24.9.